The van der Waals surface area contributed by atoms with Gasteiger partial charge in [0.1, 0.15) is 11.6 Å². The van der Waals surface area contributed by atoms with E-state index in [1.165, 1.54) is 6.07 Å². The molecule has 0 fully saturated rings. The molecule has 2 aliphatic rings. The van der Waals surface area contributed by atoms with E-state index in [1.54, 1.807) is 37.3 Å². The molecule has 2 unspecified atom stereocenters. The summed E-state index contributed by atoms with van der Waals surface area (Å²) in [6, 6.07) is 13.6. The molecule has 146 valence electrons. The van der Waals surface area contributed by atoms with Crippen LogP contribution in [0, 0.1) is 12.7 Å². The summed E-state index contributed by atoms with van der Waals surface area (Å²) >= 11 is 0. The number of Topliss-reactive ketones (excluding diaryl/α,β-unsaturated/α-hetero) is 1. The number of aryl methyl sites for hydroxylation is 1. The number of allylic oxidation sites excluding steroid dienone is 2. The van der Waals surface area contributed by atoms with Crippen molar-refractivity contribution in [2.24, 2.45) is 0 Å². The molecule has 1 aliphatic carbocycles. The smallest absolute Gasteiger partial charge is 0.233 e. The SMILES string of the molecule is Cc1noc2c1C(c1ccccc1F)C1=C(CC(c3ccccc3O)CC1=O)N2. The van der Waals surface area contributed by atoms with Gasteiger partial charge in [-0.2, -0.15) is 0 Å². The van der Waals surface area contributed by atoms with Gasteiger partial charge in [-0.25, -0.2) is 4.39 Å². The van der Waals surface area contributed by atoms with E-state index < -0.39 is 5.92 Å². The highest BCUT2D eigenvalue weighted by atomic mass is 19.1. The number of aromatic nitrogens is 1. The Morgan fingerprint density at radius 1 is 1.10 bits per heavy atom. The lowest BCUT2D eigenvalue weighted by molar-refractivity contribution is -0.116. The van der Waals surface area contributed by atoms with Gasteiger partial charge in [0.25, 0.3) is 0 Å². The number of nitrogens with zero attached hydrogens (tertiary/aromatic N) is 1. The third-order valence-corrected chi connectivity index (χ3v) is 5.85. The number of benzene rings is 2. The first kappa shape index (κ1) is 17.7. The second kappa shape index (κ2) is 6.58. The first-order valence-corrected chi connectivity index (χ1v) is 9.56. The standard InChI is InChI=1S/C23H19FN2O3/c1-12-20-21(15-7-2-4-8-16(15)24)22-17(25-23(20)29-26-12)10-13(11-19(22)28)14-6-3-5-9-18(14)27/h2-9,13,21,25,27H,10-11H2,1H3. The number of halogens is 1. The number of rotatable bonds is 2. The molecule has 0 saturated heterocycles. The van der Waals surface area contributed by atoms with Crippen LogP contribution in [0.15, 0.2) is 64.3 Å². The van der Waals surface area contributed by atoms with Crippen molar-refractivity contribution in [3.8, 4) is 5.75 Å². The number of ketones is 1. The van der Waals surface area contributed by atoms with Crippen LogP contribution in [-0.2, 0) is 4.79 Å². The first-order chi connectivity index (χ1) is 14.0. The lowest BCUT2D eigenvalue weighted by Gasteiger charge is -2.34. The Kier molecular flexibility index (Phi) is 4.01. The van der Waals surface area contributed by atoms with Gasteiger partial charge in [0.05, 0.1) is 11.3 Å². The average Bonchev–Trinajstić information content (AvgIpc) is 3.08. The molecule has 0 amide bonds. The minimum Gasteiger partial charge on any atom is -0.508 e. The number of anilines is 1. The van der Waals surface area contributed by atoms with Gasteiger partial charge in [0, 0.05) is 35.1 Å². The highest BCUT2D eigenvalue weighted by molar-refractivity contribution is 6.01. The van der Waals surface area contributed by atoms with Crippen molar-refractivity contribution in [2.45, 2.75) is 31.6 Å². The van der Waals surface area contributed by atoms with E-state index in [-0.39, 0.29) is 29.7 Å². The second-order valence-electron chi connectivity index (χ2n) is 7.57. The Balaban J connectivity index is 1.66. The number of hydrogen-bond donors (Lipinski definition) is 2. The third kappa shape index (κ3) is 2.75. The van der Waals surface area contributed by atoms with Crippen LogP contribution in [0.2, 0.25) is 0 Å². The molecule has 1 aliphatic heterocycles. The van der Waals surface area contributed by atoms with Crippen LogP contribution < -0.4 is 5.32 Å². The summed E-state index contributed by atoms with van der Waals surface area (Å²) in [4.78, 5) is 13.3. The molecule has 2 heterocycles. The molecule has 5 rings (SSSR count). The summed E-state index contributed by atoms with van der Waals surface area (Å²) in [5, 5.41) is 17.5. The van der Waals surface area contributed by atoms with E-state index in [2.05, 4.69) is 10.5 Å². The van der Waals surface area contributed by atoms with Crippen LogP contribution >= 0.6 is 0 Å². The summed E-state index contributed by atoms with van der Waals surface area (Å²) in [6.45, 7) is 1.79. The summed E-state index contributed by atoms with van der Waals surface area (Å²) in [5.41, 5.74) is 3.75. The van der Waals surface area contributed by atoms with Gasteiger partial charge in [-0.3, -0.25) is 4.79 Å². The molecular formula is C23H19FN2O3. The van der Waals surface area contributed by atoms with Gasteiger partial charge in [-0.1, -0.05) is 41.6 Å². The molecule has 0 bridgehead atoms. The number of phenolic OH excluding ortho intramolecular Hbond substituents is 1. The predicted octanol–water partition coefficient (Wildman–Crippen LogP) is 4.79. The van der Waals surface area contributed by atoms with Crippen molar-refractivity contribution in [3.63, 3.8) is 0 Å². The van der Waals surface area contributed by atoms with Crippen LogP contribution in [0.1, 0.15) is 47.1 Å². The Morgan fingerprint density at radius 3 is 2.59 bits per heavy atom. The Hall–Kier alpha value is -3.41. The lowest BCUT2D eigenvalue weighted by Crippen LogP contribution is -2.30. The van der Waals surface area contributed by atoms with E-state index >= 15 is 0 Å². The number of phenols is 1. The number of fused-ring (bicyclic) bond motifs is 1. The summed E-state index contributed by atoms with van der Waals surface area (Å²) in [6.07, 6.45) is 0.769. The summed E-state index contributed by atoms with van der Waals surface area (Å²) in [7, 11) is 0. The maximum Gasteiger partial charge on any atom is 0.233 e. The zero-order chi connectivity index (χ0) is 20.1. The topological polar surface area (TPSA) is 75.4 Å². The number of aromatic hydroxyl groups is 1. The lowest BCUT2D eigenvalue weighted by atomic mass is 9.72. The van der Waals surface area contributed by atoms with Crippen molar-refractivity contribution in [2.75, 3.05) is 5.32 Å². The molecule has 0 saturated carbocycles. The zero-order valence-corrected chi connectivity index (χ0v) is 15.8. The number of carbonyl (C=O) groups is 1. The highest BCUT2D eigenvalue weighted by Gasteiger charge is 2.42. The molecule has 5 nitrogen and oxygen atoms in total. The second-order valence-corrected chi connectivity index (χ2v) is 7.57. The van der Waals surface area contributed by atoms with Gasteiger partial charge < -0.3 is 14.9 Å². The Bertz CT molecular complexity index is 1160. The molecule has 2 atom stereocenters. The minimum atomic E-state index is -0.563. The Labute approximate surface area is 166 Å². The van der Waals surface area contributed by atoms with Crippen molar-refractivity contribution < 1.29 is 18.8 Å². The van der Waals surface area contributed by atoms with E-state index in [1.807, 2.05) is 12.1 Å². The van der Waals surface area contributed by atoms with Crippen LogP contribution in [0.25, 0.3) is 0 Å². The summed E-state index contributed by atoms with van der Waals surface area (Å²) in [5.74, 6) is -0.541. The molecule has 0 radical (unpaired) electrons. The van der Waals surface area contributed by atoms with E-state index in [4.69, 9.17) is 4.52 Å². The fraction of sp³-hybridized carbons (Fsp3) is 0.217. The first-order valence-electron chi connectivity index (χ1n) is 9.56. The predicted molar refractivity (Wildman–Crippen MR) is 105 cm³/mol. The van der Waals surface area contributed by atoms with E-state index in [0.717, 1.165) is 5.56 Å². The van der Waals surface area contributed by atoms with Gasteiger partial charge in [0.2, 0.25) is 5.88 Å². The number of hydrogen-bond acceptors (Lipinski definition) is 5. The van der Waals surface area contributed by atoms with Gasteiger partial charge in [0.15, 0.2) is 5.78 Å². The van der Waals surface area contributed by atoms with E-state index in [0.29, 0.717) is 40.4 Å². The van der Waals surface area contributed by atoms with Crippen molar-refractivity contribution in [1.29, 1.82) is 0 Å². The number of para-hydroxylation sites is 1. The fourth-order valence-electron chi connectivity index (χ4n) is 4.55. The molecule has 6 heteroatoms. The largest absolute Gasteiger partial charge is 0.508 e. The maximum absolute atomic E-state index is 14.7. The molecular weight excluding hydrogens is 371 g/mol. The fourth-order valence-corrected chi connectivity index (χ4v) is 4.55. The molecule has 2 N–H and O–H groups in total. The quantitative estimate of drug-likeness (QED) is 0.658. The van der Waals surface area contributed by atoms with Crippen molar-refractivity contribution in [1.82, 2.24) is 5.16 Å². The van der Waals surface area contributed by atoms with Crippen LogP contribution in [0.3, 0.4) is 0 Å². The van der Waals surface area contributed by atoms with Gasteiger partial charge in [-0.15, -0.1) is 0 Å². The number of nitrogens with one attached hydrogen (secondary N) is 1. The summed E-state index contributed by atoms with van der Waals surface area (Å²) < 4.78 is 20.2. The van der Waals surface area contributed by atoms with Crippen molar-refractivity contribution >= 4 is 11.7 Å². The monoisotopic (exact) mass is 390 g/mol. The van der Waals surface area contributed by atoms with Crippen LogP contribution in [0.5, 0.6) is 5.75 Å². The molecule has 29 heavy (non-hydrogen) atoms. The third-order valence-electron chi connectivity index (χ3n) is 5.85. The van der Waals surface area contributed by atoms with Gasteiger partial charge in [-0.05, 0) is 31.0 Å². The normalized spacial score (nSPS) is 20.8. The number of carbonyl (C=O) groups excluding carboxylic acids is 1. The van der Waals surface area contributed by atoms with Gasteiger partial charge >= 0.3 is 0 Å². The molecule has 0 spiro atoms. The maximum atomic E-state index is 14.7. The van der Waals surface area contributed by atoms with Crippen molar-refractivity contribution in [3.05, 3.63) is 88.0 Å². The van der Waals surface area contributed by atoms with Crippen LogP contribution in [0.4, 0.5) is 10.3 Å². The Morgan fingerprint density at radius 2 is 1.83 bits per heavy atom. The van der Waals surface area contributed by atoms with E-state index in [9.17, 15) is 14.3 Å². The zero-order valence-electron chi connectivity index (χ0n) is 15.8. The van der Waals surface area contributed by atoms with Crippen LogP contribution in [-0.4, -0.2) is 16.0 Å². The average molecular weight is 390 g/mol. The minimum absolute atomic E-state index is 0.0634. The molecule has 3 aromatic rings. The highest BCUT2D eigenvalue weighted by Crippen LogP contribution is 2.50. The molecule has 2 aromatic carbocycles. The molecule has 1 aromatic heterocycles.